The topological polar surface area (TPSA) is 80.1 Å². The Morgan fingerprint density at radius 1 is 1.28 bits per heavy atom. The fourth-order valence-corrected chi connectivity index (χ4v) is 4.47. The minimum absolute atomic E-state index is 0. The summed E-state index contributed by atoms with van der Waals surface area (Å²) >= 11 is 1.62. The first-order valence-corrected chi connectivity index (χ1v) is 11.1. The number of piperidine rings is 1. The van der Waals surface area contributed by atoms with Gasteiger partial charge < -0.3 is 25.7 Å². The van der Waals surface area contributed by atoms with Crippen LogP contribution in [-0.2, 0) is 0 Å². The normalized spacial score (nSPS) is 17.1. The lowest BCUT2D eigenvalue weighted by Crippen LogP contribution is -2.40. The van der Waals surface area contributed by atoms with E-state index in [0.29, 0.717) is 6.54 Å². The molecule has 3 rings (SSSR count). The van der Waals surface area contributed by atoms with Crippen LogP contribution in [0.25, 0.3) is 10.1 Å². The van der Waals surface area contributed by atoms with Crippen LogP contribution in [0.3, 0.4) is 0 Å². The van der Waals surface area contributed by atoms with Gasteiger partial charge in [0, 0.05) is 35.8 Å². The summed E-state index contributed by atoms with van der Waals surface area (Å²) in [5.41, 5.74) is 0. The number of rotatable bonds is 8. The summed E-state index contributed by atoms with van der Waals surface area (Å²) in [6, 6.07) is 10.2. The van der Waals surface area contributed by atoms with E-state index in [1.54, 1.807) is 11.3 Å². The Morgan fingerprint density at radius 3 is 2.76 bits per heavy atom. The second kappa shape index (κ2) is 12.7. The lowest BCUT2D eigenvalue weighted by Gasteiger charge is -2.29. The third-order valence-electron chi connectivity index (χ3n) is 5.04. The lowest BCUT2D eigenvalue weighted by atomic mass is 10.1. The Bertz CT molecular complexity index is 729. The van der Waals surface area contributed by atoms with Gasteiger partial charge in [-0.2, -0.15) is 0 Å². The third kappa shape index (κ3) is 7.67. The van der Waals surface area contributed by atoms with Gasteiger partial charge in [-0.25, -0.2) is 0 Å². The molecule has 1 atom stereocenters. The second-order valence-corrected chi connectivity index (χ2v) is 8.39. The van der Waals surface area contributed by atoms with Crippen molar-refractivity contribution in [2.45, 2.75) is 38.4 Å². The van der Waals surface area contributed by atoms with Crippen molar-refractivity contribution in [1.29, 1.82) is 0 Å². The van der Waals surface area contributed by atoms with Gasteiger partial charge in [0.1, 0.15) is 6.10 Å². The fourth-order valence-electron chi connectivity index (χ4n) is 3.43. The molecule has 1 unspecified atom stereocenters. The zero-order chi connectivity index (χ0) is 19.8. The molecular weight excluding hydrogens is 499 g/mol. The number of aliphatic hydroxyl groups is 2. The molecule has 1 aliphatic rings. The van der Waals surface area contributed by atoms with Gasteiger partial charge in [-0.15, -0.1) is 35.3 Å². The Labute approximate surface area is 194 Å². The number of hydrogen-bond donors (Lipinski definition) is 4. The summed E-state index contributed by atoms with van der Waals surface area (Å²) in [7, 11) is 0. The molecule has 1 aliphatic heterocycles. The predicted octanol–water partition coefficient (Wildman–Crippen LogP) is 2.95. The number of thiophene rings is 1. The highest BCUT2D eigenvalue weighted by Gasteiger charge is 2.16. The van der Waals surface area contributed by atoms with Gasteiger partial charge in [-0.3, -0.25) is 4.99 Å². The van der Waals surface area contributed by atoms with Gasteiger partial charge in [0.25, 0.3) is 0 Å². The molecule has 1 fully saturated rings. The first-order chi connectivity index (χ1) is 13.7. The van der Waals surface area contributed by atoms with Crippen molar-refractivity contribution < 1.29 is 10.2 Å². The van der Waals surface area contributed by atoms with Crippen LogP contribution in [-0.4, -0.2) is 66.4 Å². The quantitative estimate of drug-likeness (QED) is 0.182. The summed E-state index contributed by atoms with van der Waals surface area (Å²) in [5, 5.41) is 27.9. The maximum atomic E-state index is 10.5. The van der Waals surface area contributed by atoms with Crippen LogP contribution in [0.15, 0.2) is 35.3 Å². The summed E-state index contributed by atoms with van der Waals surface area (Å²) < 4.78 is 1.19. The average molecular weight is 532 g/mol. The number of aliphatic imine (C=N–C) groups is 1. The molecule has 0 aliphatic carbocycles. The predicted molar refractivity (Wildman–Crippen MR) is 132 cm³/mol. The van der Waals surface area contributed by atoms with Crippen LogP contribution in [0.4, 0.5) is 0 Å². The molecule has 1 saturated heterocycles. The van der Waals surface area contributed by atoms with Crippen molar-refractivity contribution in [1.82, 2.24) is 15.5 Å². The summed E-state index contributed by atoms with van der Waals surface area (Å²) in [4.78, 5) is 7.92. The Hall–Kier alpha value is -0.940. The summed E-state index contributed by atoms with van der Waals surface area (Å²) in [5.74, 6) is 0.747. The number of benzene rings is 1. The summed E-state index contributed by atoms with van der Waals surface area (Å²) in [6.45, 7) is 7.00. The molecule has 2 heterocycles. The Balaban J connectivity index is 0.00000300. The first kappa shape index (κ1) is 24.3. The molecule has 4 N–H and O–H groups in total. The molecule has 162 valence electrons. The van der Waals surface area contributed by atoms with Crippen LogP contribution in [0.2, 0.25) is 0 Å². The fraction of sp³-hybridized carbons (Fsp3) is 0.571. The highest BCUT2D eigenvalue weighted by Crippen LogP contribution is 2.29. The zero-order valence-corrected chi connectivity index (χ0v) is 20.2. The molecule has 0 bridgehead atoms. The van der Waals surface area contributed by atoms with Crippen molar-refractivity contribution in [3.05, 3.63) is 35.2 Å². The Morgan fingerprint density at radius 2 is 2.03 bits per heavy atom. The van der Waals surface area contributed by atoms with Crippen molar-refractivity contribution in [2.75, 3.05) is 39.3 Å². The minimum atomic E-state index is -0.590. The van der Waals surface area contributed by atoms with Crippen LogP contribution >= 0.6 is 35.3 Å². The molecular formula is C21H33IN4O2S. The minimum Gasteiger partial charge on any atom is -0.393 e. The van der Waals surface area contributed by atoms with Crippen molar-refractivity contribution >= 4 is 51.4 Å². The van der Waals surface area contributed by atoms with Gasteiger partial charge in [0.2, 0.25) is 0 Å². The monoisotopic (exact) mass is 532 g/mol. The van der Waals surface area contributed by atoms with Crippen molar-refractivity contribution in [3.63, 3.8) is 0 Å². The van der Waals surface area contributed by atoms with Crippen molar-refractivity contribution in [2.24, 2.45) is 4.99 Å². The number of nitrogens with zero attached hydrogens (tertiary/aromatic N) is 2. The molecule has 0 spiro atoms. The third-order valence-corrected chi connectivity index (χ3v) is 6.26. The van der Waals surface area contributed by atoms with Gasteiger partial charge in [-0.1, -0.05) is 18.2 Å². The number of nitrogens with one attached hydrogen (secondary N) is 2. The van der Waals surface area contributed by atoms with Gasteiger partial charge >= 0.3 is 0 Å². The number of hydrogen-bond acceptors (Lipinski definition) is 5. The highest BCUT2D eigenvalue weighted by atomic mass is 127. The van der Waals surface area contributed by atoms with Gasteiger partial charge in [-0.05, 0) is 50.2 Å². The number of likely N-dealkylation sites (tertiary alicyclic amines) is 1. The molecule has 1 aromatic heterocycles. The van der Waals surface area contributed by atoms with Gasteiger partial charge in [0.15, 0.2) is 5.96 Å². The largest absolute Gasteiger partial charge is 0.393 e. The lowest BCUT2D eigenvalue weighted by molar-refractivity contribution is 0.0822. The molecule has 6 nitrogen and oxygen atoms in total. The van der Waals surface area contributed by atoms with Crippen LogP contribution in [0.1, 0.15) is 37.2 Å². The molecule has 0 radical (unpaired) electrons. The Kier molecular flexibility index (Phi) is 10.6. The van der Waals surface area contributed by atoms with Gasteiger partial charge in [0.05, 0.1) is 12.6 Å². The van der Waals surface area contributed by atoms with E-state index >= 15 is 0 Å². The number of halogens is 1. The van der Waals surface area contributed by atoms with E-state index in [1.807, 2.05) is 19.1 Å². The number of aliphatic hydroxyl groups excluding tert-OH is 2. The van der Waals surface area contributed by atoms with E-state index < -0.39 is 6.10 Å². The molecule has 0 amide bonds. The van der Waals surface area contributed by atoms with E-state index in [4.69, 9.17) is 0 Å². The number of guanidine groups is 1. The van der Waals surface area contributed by atoms with E-state index in [-0.39, 0.29) is 30.1 Å². The van der Waals surface area contributed by atoms with E-state index in [0.717, 1.165) is 62.8 Å². The first-order valence-electron chi connectivity index (χ1n) is 10.2. The standard InChI is InChI=1S/C21H32N4O2S.HI/c1-2-22-21(23-10-5-11-25-12-8-17(26)9-13-25)24-15-18(27)20-14-16-6-3-4-7-19(16)28-20;/h3-4,6-7,14,17-18,26-27H,2,5,8-13,15H2,1H3,(H2,22,23,24);1H. The maximum absolute atomic E-state index is 10.5. The van der Waals surface area contributed by atoms with Crippen LogP contribution in [0.5, 0.6) is 0 Å². The van der Waals surface area contributed by atoms with Crippen LogP contribution < -0.4 is 10.6 Å². The smallest absolute Gasteiger partial charge is 0.191 e. The van der Waals surface area contributed by atoms with Crippen molar-refractivity contribution in [3.8, 4) is 0 Å². The molecule has 2 aromatic rings. The SMILES string of the molecule is CCNC(=NCC(O)c1cc2ccccc2s1)NCCCN1CCC(O)CC1.I. The van der Waals surface area contributed by atoms with E-state index in [9.17, 15) is 10.2 Å². The molecule has 8 heteroatoms. The average Bonchev–Trinajstić information content (AvgIpc) is 3.15. The second-order valence-electron chi connectivity index (χ2n) is 7.28. The maximum Gasteiger partial charge on any atom is 0.191 e. The molecule has 1 aromatic carbocycles. The molecule has 29 heavy (non-hydrogen) atoms. The van der Waals surface area contributed by atoms with E-state index in [1.165, 1.54) is 10.1 Å². The molecule has 0 saturated carbocycles. The van der Waals surface area contributed by atoms with Crippen LogP contribution in [0, 0.1) is 0 Å². The zero-order valence-electron chi connectivity index (χ0n) is 17.0. The summed E-state index contributed by atoms with van der Waals surface area (Å²) in [6.07, 6.45) is 2.08. The van der Waals surface area contributed by atoms with E-state index in [2.05, 4.69) is 38.7 Å². The number of fused-ring (bicyclic) bond motifs is 1. The highest BCUT2D eigenvalue weighted by molar-refractivity contribution is 14.0.